The quantitative estimate of drug-likeness (QED) is 0.828. The van der Waals surface area contributed by atoms with E-state index in [0.717, 1.165) is 4.88 Å². The van der Waals surface area contributed by atoms with E-state index in [2.05, 4.69) is 4.74 Å². The molecular formula is C8H8F2O3S. The molecular weight excluding hydrogens is 214 g/mol. The van der Waals surface area contributed by atoms with Gasteiger partial charge in [0, 0.05) is 11.3 Å². The Morgan fingerprint density at radius 3 is 2.86 bits per heavy atom. The SMILES string of the molecule is O=C(O)C(F)(F)OCCc1cccs1. The standard InChI is InChI=1S/C8H8F2O3S/c9-8(10,7(11)12)13-4-3-6-2-1-5-14-6/h1-2,5H,3-4H2,(H,11,12). The molecule has 6 heteroatoms. The van der Waals surface area contributed by atoms with Crippen molar-refractivity contribution in [3.05, 3.63) is 22.4 Å². The van der Waals surface area contributed by atoms with E-state index >= 15 is 0 Å². The van der Waals surface area contributed by atoms with E-state index in [4.69, 9.17) is 5.11 Å². The van der Waals surface area contributed by atoms with E-state index in [9.17, 15) is 13.6 Å². The molecule has 0 saturated heterocycles. The molecule has 1 N–H and O–H groups in total. The predicted octanol–water partition coefficient (Wildman–Crippen LogP) is 1.98. The van der Waals surface area contributed by atoms with E-state index in [1.165, 1.54) is 11.3 Å². The molecule has 1 aromatic rings. The molecule has 0 bridgehead atoms. The van der Waals surface area contributed by atoms with Crippen molar-refractivity contribution in [1.82, 2.24) is 0 Å². The highest BCUT2D eigenvalue weighted by atomic mass is 32.1. The van der Waals surface area contributed by atoms with Crippen LogP contribution in [0.4, 0.5) is 8.78 Å². The minimum Gasteiger partial charge on any atom is -0.475 e. The molecule has 1 heterocycles. The van der Waals surface area contributed by atoms with Crippen molar-refractivity contribution in [3.63, 3.8) is 0 Å². The molecule has 78 valence electrons. The molecule has 0 spiro atoms. The second-order valence-electron chi connectivity index (χ2n) is 2.50. The van der Waals surface area contributed by atoms with Gasteiger partial charge in [0.05, 0.1) is 6.61 Å². The van der Waals surface area contributed by atoms with Gasteiger partial charge in [0.2, 0.25) is 0 Å². The van der Waals surface area contributed by atoms with Gasteiger partial charge in [-0.15, -0.1) is 11.3 Å². The minimum atomic E-state index is -4.09. The fourth-order valence-electron chi connectivity index (χ4n) is 0.796. The first kappa shape index (κ1) is 11.1. The Bertz CT molecular complexity index is 298. The molecule has 1 rings (SSSR count). The Balaban J connectivity index is 2.31. The van der Waals surface area contributed by atoms with Crippen LogP contribution in [-0.4, -0.2) is 23.8 Å². The average molecular weight is 222 g/mol. The van der Waals surface area contributed by atoms with E-state index in [1.54, 1.807) is 12.1 Å². The Kier molecular flexibility index (Phi) is 3.54. The largest absolute Gasteiger partial charge is 0.475 e. The first-order chi connectivity index (χ1) is 6.52. The third-order valence-electron chi connectivity index (χ3n) is 1.46. The third kappa shape index (κ3) is 3.04. The molecule has 1 aromatic heterocycles. The lowest BCUT2D eigenvalue weighted by atomic mass is 10.4. The molecule has 3 nitrogen and oxygen atoms in total. The normalized spacial score (nSPS) is 11.6. The van der Waals surface area contributed by atoms with Crippen LogP contribution in [0.5, 0.6) is 0 Å². The van der Waals surface area contributed by atoms with Crippen LogP contribution in [0.2, 0.25) is 0 Å². The topological polar surface area (TPSA) is 46.5 Å². The summed E-state index contributed by atoms with van der Waals surface area (Å²) < 4.78 is 28.7. The maximum atomic E-state index is 12.4. The van der Waals surface area contributed by atoms with Gasteiger partial charge < -0.3 is 9.84 Å². The van der Waals surface area contributed by atoms with Crippen LogP contribution >= 0.6 is 11.3 Å². The van der Waals surface area contributed by atoms with E-state index in [0.29, 0.717) is 6.42 Å². The molecule has 0 atom stereocenters. The van der Waals surface area contributed by atoms with Crippen molar-refractivity contribution in [3.8, 4) is 0 Å². The number of hydrogen-bond acceptors (Lipinski definition) is 3. The second-order valence-corrected chi connectivity index (χ2v) is 3.53. The van der Waals surface area contributed by atoms with Gasteiger partial charge in [0.25, 0.3) is 0 Å². The van der Waals surface area contributed by atoms with Crippen LogP contribution in [0.1, 0.15) is 4.88 Å². The summed E-state index contributed by atoms with van der Waals surface area (Å²) in [7, 11) is 0. The van der Waals surface area contributed by atoms with Crippen LogP contribution in [0.15, 0.2) is 17.5 Å². The molecule has 0 saturated carbocycles. The van der Waals surface area contributed by atoms with Crippen LogP contribution < -0.4 is 0 Å². The van der Waals surface area contributed by atoms with E-state index in [-0.39, 0.29) is 6.61 Å². The number of ether oxygens (including phenoxy) is 1. The van der Waals surface area contributed by atoms with E-state index in [1.807, 2.05) is 5.38 Å². The smallest absolute Gasteiger partial charge is 0.455 e. The number of halogens is 2. The molecule has 0 aliphatic heterocycles. The van der Waals surface area contributed by atoms with Crippen molar-refractivity contribution in [2.24, 2.45) is 0 Å². The van der Waals surface area contributed by atoms with Crippen molar-refractivity contribution in [2.45, 2.75) is 12.5 Å². The number of hydrogen-bond donors (Lipinski definition) is 1. The van der Waals surface area contributed by atoms with Crippen LogP contribution in [0.25, 0.3) is 0 Å². The molecule has 0 aromatic carbocycles. The zero-order chi connectivity index (χ0) is 10.6. The Hall–Kier alpha value is -1.01. The number of aliphatic carboxylic acids is 1. The zero-order valence-electron chi connectivity index (χ0n) is 7.07. The highest BCUT2D eigenvalue weighted by molar-refractivity contribution is 7.09. The van der Waals surface area contributed by atoms with Crippen molar-refractivity contribution < 1.29 is 23.4 Å². The van der Waals surface area contributed by atoms with Gasteiger partial charge in [0.1, 0.15) is 0 Å². The first-order valence-electron chi connectivity index (χ1n) is 3.80. The molecule has 0 aliphatic rings. The summed E-state index contributed by atoms with van der Waals surface area (Å²) in [6, 6.07) is 3.56. The van der Waals surface area contributed by atoms with Gasteiger partial charge in [-0.1, -0.05) is 6.07 Å². The van der Waals surface area contributed by atoms with Gasteiger partial charge in [-0.3, -0.25) is 0 Å². The number of thiophene rings is 1. The van der Waals surface area contributed by atoms with Gasteiger partial charge in [-0.2, -0.15) is 8.78 Å². The maximum Gasteiger partial charge on any atom is 0.455 e. The van der Waals surface area contributed by atoms with Gasteiger partial charge in [-0.05, 0) is 11.4 Å². The molecule has 14 heavy (non-hydrogen) atoms. The van der Waals surface area contributed by atoms with Crippen molar-refractivity contribution in [1.29, 1.82) is 0 Å². The molecule has 0 amide bonds. The molecule has 0 aliphatic carbocycles. The Labute approximate surface area is 82.9 Å². The third-order valence-corrected chi connectivity index (χ3v) is 2.40. The monoisotopic (exact) mass is 222 g/mol. The van der Waals surface area contributed by atoms with Crippen molar-refractivity contribution in [2.75, 3.05) is 6.61 Å². The highest BCUT2D eigenvalue weighted by Crippen LogP contribution is 2.16. The van der Waals surface area contributed by atoms with Gasteiger partial charge in [0.15, 0.2) is 0 Å². The molecule has 0 radical (unpaired) electrons. The minimum absolute atomic E-state index is 0.292. The summed E-state index contributed by atoms with van der Waals surface area (Å²) in [4.78, 5) is 10.8. The summed E-state index contributed by atoms with van der Waals surface area (Å²) in [5, 5.41) is 9.84. The summed E-state index contributed by atoms with van der Waals surface area (Å²) >= 11 is 1.41. The summed E-state index contributed by atoms with van der Waals surface area (Å²) in [5.41, 5.74) is 0. The lowest BCUT2D eigenvalue weighted by molar-refractivity contribution is -0.245. The lowest BCUT2D eigenvalue weighted by Gasteiger charge is -2.10. The Morgan fingerprint density at radius 2 is 2.36 bits per heavy atom. The number of alkyl halides is 2. The predicted molar refractivity (Wildman–Crippen MR) is 46.6 cm³/mol. The summed E-state index contributed by atoms with van der Waals surface area (Å²) in [6.07, 6.45) is -3.79. The number of carboxylic acid groups (broad SMARTS) is 1. The number of carboxylic acids is 1. The highest BCUT2D eigenvalue weighted by Gasteiger charge is 2.40. The van der Waals surface area contributed by atoms with Crippen molar-refractivity contribution >= 4 is 17.3 Å². The summed E-state index contributed by atoms with van der Waals surface area (Å²) in [6.45, 7) is -0.306. The maximum absolute atomic E-state index is 12.4. The molecule has 0 unspecified atom stereocenters. The Morgan fingerprint density at radius 1 is 1.64 bits per heavy atom. The van der Waals surface area contributed by atoms with Crippen LogP contribution in [0.3, 0.4) is 0 Å². The first-order valence-corrected chi connectivity index (χ1v) is 4.68. The lowest BCUT2D eigenvalue weighted by Crippen LogP contribution is -2.32. The second kappa shape index (κ2) is 4.47. The van der Waals surface area contributed by atoms with Gasteiger partial charge in [-0.25, -0.2) is 4.79 Å². The van der Waals surface area contributed by atoms with Gasteiger partial charge >= 0.3 is 12.1 Å². The number of rotatable bonds is 5. The number of carbonyl (C=O) groups is 1. The van der Waals surface area contributed by atoms with Crippen LogP contribution in [0, 0.1) is 0 Å². The van der Waals surface area contributed by atoms with E-state index < -0.39 is 12.1 Å². The zero-order valence-corrected chi connectivity index (χ0v) is 7.89. The van der Waals surface area contributed by atoms with Crippen LogP contribution in [-0.2, 0) is 16.0 Å². The fraction of sp³-hybridized carbons (Fsp3) is 0.375. The average Bonchev–Trinajstić information content (AvgIpc) is 2.56. The summed E-state index contributed by atoms with van der Waals surface area (Å²) in [5.74, 6) is -2.26. The fourth-order valence-corrected chi connectivity index (χ4v) is 1.49. The molecule has 0 fully saturated rings.